The molecule has 0 saturated carbocycles. The number of benzene rings is 1. The van der Waals surface area contributed by atoms with Crippen molar-refractivity contribution >= 4 is 23.4 Å². The fourth-order valence-electron chi connectivity index (χ4n) is 2.52. The first-order valence-electron chi connectivity index (χ1n) is 8.56. The summed E-state index contributed by atoms with van der Waals surface area (Å²) < 4.78 is 6.28. The molecule has 0 fully saturated rings. The van der Waals surface area contributed by atoms with Crippen molar-refractivity contribution < 1.29 is 29.3 Å². The second kappa shape index (κ2) is 8.55. The van der Waals surface area contributed by atoms with Gasteiger partial charge in [-0.05, 0) is 26.8 Å². The first-order chi connectivity index (χ1) is 13.9. The Kier molecular flexibility index (Phi) is 6.34. The third-order valence-electron chi connectivity index (χ3n) is 3.74. The first-order valence-corrected chi connectivity index (χ1v) is 8.56. The Bertz CT molecular complexity index is 994. The van der Waals surface area contributed by atoms with E-state index in [0.717, 1.165) is 12.1 Å². The average molecular weight is 421 g/mol. The van der Waals surface area contributed by atoms with Crippen LogP contribution in [0.2, 0.25) is 0 Å². The number of carboxylic acids is 1. The van der Waals surface area contributed by atoms with Crippen molar-refractivity contribution in [3.63, 3.8) is 0 Å². The van der Waals surface area contributed by atoms with Gasteiger partial charge in [-0.3, -0.25) is 24.8 Å². The van der Waals surface area contributed by atoms with Gasteiger partial charge in [0.15, 0.2) is 0 Å². The number of nitrogens with one attached hydrogen (secondary N) is 1. The van der Waals surface area contributed by atoms with Gasteiger partial charge in [0.05, 0.1) is 22.2 Å². The lowest BCUT2D eigenvalue weighted by Crippen LogP contribution is -2.44. The van der Waals surface area contributed by atoms with E-state index in [9.17, 15) is 34.9 Å². The molecule has 0 bridgehead atoms. The van der Waals surface area contributed by atoms with E-state index in [2.05, 4.69) is 10.3 Å². The highest BCUT2D eigenvalue weighted by Crippen LogP contribution is 2.29. The van der Waals surface area contributed by atoms with Gasteiger partial charge in [-0.1, -0.05) is 0 Å². The summed E-state index contributed by atoms with van der Waals surface area (Å²) >= 11 is 0. The lowest BCUT2D eigenvalue weighted by molar-refractivity contribution is -0.394. The third-order valence-corrected chi connectivity index (χ3v) is 3.74. The number of carbonyl (C=O) groups excluding carboxylic acids is 1. The maximum Gasteiger partial charge on any atom is 0.408 e. The number of carbonyl (C=O) groups is 2. The van der Waals surface area contributed by atoms with Crippen LogP contribution in [-0.4, -0.2) is 48.2 Å². The Labute approximate surface area is 169 Å². The van der Waals surface area contributed by atoms with E-state index >= 15 is 0 Å². The van der Waals surface area contributed by atoms with Crippen LogP contribution >= 0.6 is 0 Å². The lowest BCUT2D eigenvalue weighted by Gasteiger charge is -2.22. The number of alkyl carbamates (subject to hydrolysis) is 1. The van der Waals surface area contributed by atoms with Gasteiger partial charge < -0.3 is 15.2 Å². The van der Waals surface area contributed by atoms with Crippen LogP contribution in [0.25, 0.3) is 5.69 Å². The number of nitrogens with zero attached hydrogens (tertiary/aromatic N) is 4. The monoisotopic (exact) mass is 421 g/mol. The molecule has 0 aliphatic carbocycles. The van der Waals surface area contributed by atoms with Gasteiger partial charge in [-0.2, -0.15) is 0 Å². The lowest BCUT2D eigenvalue weighted by atomic mass is 10.1. The maximum absolute atomic E-state index is 11.9. The molecule has 2 rings (SSSR count). The molecule has 2 aromatic rings. The number of ether oxygens (including phenoxy) is 1. The predicted molar refractivity (Wildman–Crippen MR) is 101 cm³/mol. The molecular formula is C17H19N5O8. The summed E-state index contributed by atoms with van der Waals surface area (Å²) in [6.45, 7) is 4.85. The van der Waals surface area contributed by atoms with Crippen LogP contribution in [0.15, 0.2) is 30.7 Å². The van der Waals surface area contributed by atoms with E-state index in [1.807, 2.05) is 0 Å². The minimum atomic E-state index is -1.41. The average Bonchev–Trinajstić information content (AvgIpc) is 3.06. The van der Waals surface area contributed by atoms with E-state index in [1.165, 1.54) is 23.2 Å². The van der Waals surface area contributed by atoms with Crippen molar-refractivity contribution in [1.29, 1.82) is 0 Å². The maximum atomic E-state index is 11.9. The van der Waals surface area contributed by atoms with Gasteiger partial charge in [0.1, 0.15) is 17.3 Å². The van der Waals surface area contributed by atoms with E-state index in [-0.39, 0.29) is 17.8 Å². The zero-order chi connectivity index (χ0) is 22.6. The van der Waals surface area contributed by atoms with Crippen molar-refractivity contribution in [2.24, 2.45) is 0 Å². The Balaban J connectivity index is 2.36. The summed E-state index contributed by atoms with van der Waals surface area (Å²) in [6, 6.07) is 1.64. The molecule has 13 nitrogen and oxygen atoms in total. The number of carboxylic acid groups (broad SMARTS) is 1. The van der Waals surface area contributed by atoms with Crippen LogP contribution in [0.4, 0.5) is 16.2 Å². The van der Waals surface area contributed by atoms with Crippen LogP contribution in [0.5, 0.6) is 0 Å². The van der Waals surface area contributed by atoms with Crippen LogP contribution in [0.1, 0.15) is 26.5 Å². The number of nitro groups is 2. The summed E-state index contributed by atoms with van der Waals surface area (Å²) in [5.41, 5.74) is -1.69. The first kappa shape index (κ1) is 22.3. The molecule has 0 aliphatic heterocycles. The van der Waals surface area contributed by atoms with Gasteiger partial charge in [0.25, 0.3) is 11.4 Å². The summed E-state index contributed by atoms with van der Waals surface area (Å²) in [5.74, 6) is -1.35. The topological polar surface area (TPSA) is 180 Å². The molecule has 0 radical (unpaired) electrons. The van der Waals surface area contributed by atoms with E-state index < -0.39 is 44.9 Å². The normalized spacial score (nSPS) is 12.1. The third kappa shape index (κ3) is 5.50. The van der Waals surface area contributed by atoms with Crippen LogP contribution < -0.4 is 5.32 Å². The van der Waals surface area contributed by atoms with Crippen LogP contribution in [-0.2, 0) is 16.0 Å². The summed E-state index contributed by atoms with van der Waals surface area (Å²) in [5, 5.41) is 34.0. The molecule has 1 aromatic heterocycles. The summed E-state index contributed by atoms with van der Waals surface area (Å²) in [6.07, 6.45) is 1.26. The second-order valence-electron chi connectivity index (χ2n) is 7.18. The Morgan fingerprint density at radius 2 is 1.93 bits per heavy atom. The molecule has 160 valence electrons. The van der Waals surface area contributed by atoms with Crippen molar-refractivity contribution in [3.8, 4) is 5.69 Å². The molecule has 1 aromatic carbocycles. The molecule has 13 heteroatoms. The van der Waals surface area contributed by atoms with E-state index in [4.69, 9.17) is 4.74 Å². The Morgan fingerprint density at radius 1 is 1.27 bits per heavy atom. The smallest absolute Gasteiger partial charge is 0.408 e. The molecule has 30 heavy (non-hydrogen) atoms. The fraction of sp³-hybridized carbons (Fsp3) is 0.353. The van der Waals surface area contributed by atoms with Gasteiger partial charge in [-0.25, -0.2) is 14.6 Å². The van der Waals surface area contributed by atoms with Crippen LogP contribution in [0.3, 0.4) is 0 Å². The largest absolute Gasteiger partial charge is 0.480 e. The predicted octanol–water partition coefficient (Wildman–Crippen LogP) is 2.21. The molecule has 1 heterocycles. The number of amides is 1. The molecule has 0 spiro atoms. The highest BCUT2D eigenvalue weighted by atomic mass is 16.6. The number of non-ortho nitro benzene ring substituents is 1. The van der Waals surface area contributed by atoms with Crippen molar-refractivity contribution in [2.75, 3.05) is 0 Å². The molecule has 1 amide bonds. The SMILES string of the molecule is CC(C)(C)OC(=O)N[C@H](Cc1cncn1-c1ccc([N+](=O)[O-])cc1[N+](=O)[O-])C(=O)O. The zero-order valence-electron chi connectivity index (χ0n) is 16.3. The molecule has 0 saturated heterocycles. The Morgan fingerprint density at radius 3 is 2.47 bits per heavy atom. The number of hydrogen-bond donors (Lipinski definition) is 2. The summed E-state index contributed by atoms with van der Waals surface area (Å²) in [4.78, 5) is 48.1. The standard InChI is InChI=1S/C17H19N5O8/c1-17(2,3)30-16(25)19-12(15(23)24)6-11-8-18-9-20(11)13-5-4-10(21(26)27)7-14(13)22(28)29/h4-5,7-9,12H,6H2,1-3H3,(H,19,25)(H,23,24)/t12-/m1/s1. The number of aliphatic carboxylic acids is 1. The highest BCUT2D eigenvalue weighted by Gasteiger charge is 2.27. The van der Waals surface area contributed by atoms with Crippen LogP contribution in [0, 0.1) is 20.2 Å². The second-order valence-corrected chi connectivity index (χ2v) is 7.18. The Hall–Kier alpha value is -4.03. The molecule has 0 unspecified atom stereocenters. The van der Waals surface area contributed by atoms with Gasteiger partial charge in [0, 0.05) is 24.4 Å². The van der Waals surface area contributed by atoms with Gasteiger partial charge in [0.2, 0.25) is 0 Å². The minimum Gasteiger partial charge on any atom is -0.480 e. The molecular weight excluding hydrogens is 402 g/mol. The number of nitro benzene ring substituents is 2. The van der Waals surface area contributed by atoms with Crippen molar-refractivity contribution in [3.05, 3.63) is 56.6 Å². The number of hydrogen-bond acceptors (Lipinski definition) is 8. The molecule has 1 atom stereocenters. The fourth-order valence-corrected chi connectivity index (χ4v) is 2.52. The molecule has 0 aliphatic rings. The highest BCUT2D eigenvalue weighted by molar-refractivity contribution is 5.80. The zero-order valence-corrected chi connectivity index (χ0v) is 16.3. The quantitative estimate of drug-likeness (QED) is 0.500. The van der Waals surface area contributed by atoms with Gasteiger partial charge >= 0.3 is 12.1 Å². The van der Waals surface area contributed by atoms with E-state index in [0.29, 0.717) is 0 Å². The van der Waals surface area contributed by atoms with Crippen molar-refractivity contribution in [1.82, 2.24) is 14.9 Å². The minimum absolute atomic E-state index is 0.0421. The number of aromatic nitrogens is 2. The van der Waals surface area contributed by atoms with E-state index in [1.54, 1.807) is 20.8 Å². The molecule has 2 N–H and O–H groups in total. The van der Waals surface area contributed by atoms with Crippen molar-refractivity contribution in [2.45, 2.75) is 38.8 Å². The number of imidazole rings is 1. The summed E-state index contributed by atoms with van der Waals surface area (Å²) in [7, 11) is 0. The number of rotatable bonds is 7. The van der Waals surface area contributed by atoms with Gasteiger partial charge in [-0.15, -0.1) is 0 Å².